The molecule has 2 aromatic rings. The molecule has 1 aliphatic heterocycles. The number of carbonyl (C=O) groups excluding carboxylic acids is 2. The van der Waals surface area contributed by atoms with Gasteiger partial charge in [0.25, 0.3) is 0 Å². The van der Waals surface area contributed by atoms with E-state index in [2.05, 4.69) is 10.00 Å². The van der Waals surface area contributed by atoms with Crippen molar-refractivity contribution in [2.75, 3.05) is 31.1 Å². The molecule has 7 nitrogen and oxygen atoms in total. The number of hydrogen-bond acceptors (Lipinski definition) is 5. The highest BCUT2D eigenvalue weighted by Gasteiger charge is 2.24. The molecule has 0 aliphatic carbocycles. The summed E-state index contributed by atoms with van der Waals surface area (Å²) in [5.41, 5.74) is 1.66. The molecule has 1 saturated heterocycles. The molecule has 0 saturated carbocycles. The maximum atomic E-state index is 12.6. The molecule has 1 amide bonds. The van der Waals surface area contributed by atoms with Crippen molar-refractivity contribution >= 4 is 40.6 Å². The highest BCUT2D eigenvalue weighted by Crippen LogP contribution is 2.29. The maximum absolute atomic E-state index is 12.6. The van der Waals surface area contributed by atoms with Gasteiger partial charge in [0.15, 0.2) is 5.78 Å². The minimum absolute atomic E-state index is 0.0417. The van der Waals surface area contributed by atoms with Gasteiger partial charge in [0, 0.05) is 44.9 Å². The Balaban J connectivity index is 1.63. The molecule has 1 N–H and O–H groups in total. The smallest absolute Gasteiger partial charge is 0.244 e. The number of halogens is 2. The third-order valence-electron chi connectivity index (χ3n) is 4.68. The topological polar surface area (TPSA) is 78.7 Å². The number of phenols is 1. The summed E-state index contributed by atoms with van der Waals surface area (Å²) in [6.45, 7) is 5.56. The molecule has 144 valence electrons. The van der Waals surface area contributed by atoms with E-state index in [-0.39, 0.29) is 29.7 Å². The second kappa shape index (κ2) is 7.78. The zero-order valence-corrected chi connectivity index (χ0v) is 16.6. The van der Waals surface area contributed by atoms with Crippen molar-refractivity contribution in [3.8, 4) is 5.75 Å². The number of benzene rings is 1. The van der Waals surface area contributed by atoms with Gasteiger partial charge in [0.05, 0.1) is 15.7 Å². The van der Waals surface area contributed by atoms with E-state index in [9.17, 15) is 14.7 Å². The van der Waals surface area contributed by atoms with Gasteiger partial charge >= 0.3 is 0 Å². The number of nitrogens with zero attached hydrogens (tertiary/aromatic N) is 4. The minimum Gasteiger partial charge on any atom is -0.506 e. The number of hydrogen-bond donors (Lipinski definition) is 1. The van der Waals surface area contributed by atoms with Crippen molar-refractivity contribution in [3.63, 3.8) is 0 Å². The van der Waals surface area contributed by atoms with Crippen LogP contribution in [0.5, 0.6) is 5.75 Å². The zero-order valence-electron chi connectivity index (χ0n) is 15.1. The minimum atomic E-state index is -0.228. The lowest BCUT2D eigenvalue weighted by molar-refractivity contribution is -0.132. The highest BCUT2D eigenvalue weighted by atomic mass is 35.5. The van der Waals surface area contributed by atoms with Crippen LogP contribution in [-0.4, -0.2) is 57.7 Å². The van der Waals surface area contributed by atoms with Crippen LogP contribution in [0.1, 0.15) is 23.1 Å². The van der Waals surface area contributed by atoms with E-state index in [1.54, 1.807) is 24.0 Å². The lowest BCUT2D eigenvalue weighted by Crippen LogP contribution is -2.49. The standard InChI is InChI=1S/C18H20Cl2N4O3/c1-11-17(20)18(12(2)25)21-24(11)10-16(27)23-7-5-22(6-8-23)13-3-4-14(19)15(26)9-13/h3-4,9,26H,5-8,10H2,1-2H3. The Morgan fingerprint density at radius 2 is 1.85 bits per heavy atom. The number of phenolic OH excluding ortho intramolecular Hbond substituents is 1. The molecule has 0 atom stereocenters. The Hall–Kier alpha value is -2.25. The van der Waals surface area contributed by atoms with Crippen molar-refractivity contribution < 1.29 is 14.7 Å². The van der Waals surface area contributed by atoms with Crippen molar-refractivity contribution in [1.29, 1.82) is 0 Å². The molecule has 2 heterocycles. The Morgan fingerprint density at radius 1 is 1.19 bits per heavy atom. The van der Waals surface area contributed by atoms with Crippen LogP contribution in [0, 0.1) is 6.92 Å². The molecule has 1 fully saturated rings. The van der Waals surface area contributed by atoms with Gasteiger partial charge in [0.1, 0.15) is 18.0 Å². The van der Waals surface area contributed by atoms with Crippen LogP contribution in [0.4, 0.5) is 5.69 Å². The Kier molecular flexibility index (Phi) is 5.62. The molecule has 0 bridgehead atoms. The summed E-state index contributed by atoms with van der Waals surface area (Å²) in [6, 6.07) is 5.12. The second-order valence-electron chi connectivity index (χ2n) is 6.47. The van der Waals surface area contributed by atoms with Crippen LogP contribution in [-0.2, 0) is 11.3 Å². The molecular formula is C18H20Cl2N4O3. The molecule has 27 heavy (non-hydrogen) atoms. The fourth-order valence-electron chi connectivity index (χ4n) is 3.04. The van der Waals surface area contributed by atoms with E-state index in [0.29, 0.717) is 41.9 Å². The van der Waals surface area contributed by atoms with Gasteiger partial charge in [-0.1, -0.05) is 23.2 Å². The van der Waals surface area contributed by atoms with E-state index in [0.717, 1.165) is 5.69 Å². The lowest BCUT2D eigenvalue weighted by Gasteiger charge is -2.36. The summed E-state index contributed by atoms with van der Waals surface area (Å²) in [5, 5.41) is 14.5. The molecule has 0 unspecified atom stereocenters. The molecule has 9 heteroatoms. The molecule has 0 spiro atoms. The summed E-state index contributed by atoms with van der Waals surface area (Å²) >= 11 is 12.0. The average Bonchev–Trinajstić information content (AvgIpc) is 2.93. The first-order chi connectivity index (χ1) is 12.8. The second-order valence-corrected chi connectivity index (χ2v) is 7.25. The third kappa shape index (κ3) is 4.04. The van der Waals surface area contributed by atoms with Crippen LogP contribution in [0.3, 0.4) is 0 Å². The van der Waals surface area contributed by atoms with Crippen molar-refractivity contribution in [1.82, 2.24) is 14.7 Å². The first-order valence-corrected chi connectivity index (χ1v) is 9.28. The monoisotopic (exact) mass is 410 g/mol. The van der Waals surface area contributed by atoms with Crippen LogP contribution in [0.25, 0.3) is 0 Å². The average molecular weight is 411 g/mol. The van der Waals surface area contributed by atoms with Crippen molar-refractivity contribution in [3.05, 3.63) is 39.6 Å². The Morgan fingerprint density at radius 3 is 2.41 bits per heavy atom. The first-order valence-electron chi connectivity index (χ1n) is 8.53. The van der Waals surface area contributed by atoms with E-state index < -0.39 is 0 Å². The zero-order chi connectivity index (χ0) is 19.7. The number of ketones is 1. The molecule has 3 rings (SSSR count). The van der Waals surface area contributed by atoms with Gasteiger partial charge < -0.3 is 14.9 Å². The molecule has 0 radical (unpaired) electrons. The normalized spacial score (nSPS) is 14.5. The van der Waals surface area contributed by atoms with Gasteiger partial charge in [-0.05, 0) is 19.1 Å². The largest absolute Gasteiger partial charge is 0.506 e. The number of aromatic nitrogens is 2. The third-order valence-corrected chi connectivity index (χ3v) is 5.45. The Labute approximate surface area is 167 Å². The van der Waals surface area contributed by atoms with E-state index in [1.807, 2.05) is 6.07 Å². The summed E-state index contributed by atoms with van der Waals surface area (Å²) in [7, 11) is 0. The SMILES string of the molecule is CC(=O)c1nn(CC(=O)N2CCN(c3ccc(Cl)c(O)c3)CC2)c(C)c1Cl. The summed E-state index contributed by atoms with van der Waals surface area (Å²) in [5.74, 6) is -0.264. The molecule has 1 aromatic heterocycles. The number of anilines is 1. The number of aromatic hydroxyl groups is 1. The van der Waals surface area contributed by atoms with Gasteiger partial charge in [-0.15, -0.1) is 0 Å². The predicted octanol–water partition coefficient (Wildman–Crippen LogP) is 2.76. The maximum Gasteiger partial charge on any atom is 0.244 e. The highest BCUT2D eigenvalue weighted by molar-refractivity contribution is 6.34. The first kappa shape index (κ1) is 19.5. The summed E-state index contributed by atoms with van der Waals surface area (Å²) in [6.07, 6.45) is 0. The summed E-state index contributed by atoms with van der Waals surface area (Å²) < 4.78 is 1.48. The van der Waals surface area contributed by atoms with Crippen LogP contribution >= 0.6 is 23.2 Å². The number of piperazine rings is 1. The molecular weight excluding hydrogens is 391 g/mol. The van der Waals surface area contributed by atoms with Gasteiger partial charge in [-0.3, -0.25) is 14.3 Å². The fraction of sp³-hybridized carbons (Fsp3) is 0.389. The molecule has 1 aliphatic rings. The van der Waals surface area contributed by atoms with Gasteiger partial charge in [0.2, 0.25) is 5.91 Å². The number of Topliss-reactive ketones (excluding diaryl/α,β-unsaturated/α-hetero) is 1. The van der Waals surface area contributed by atoms with Crippen molar-refractivity contribution in [2.24, 2.45) is 0 Å². The summed E-state index contributed by atoms with van der Waals surface area (Å²) in [4.78, 5) is 28.0. The fourth-order valence-corrected chi connectivity index (χ4v) is 3.43. The van der Waals surface area contributed by atoms with Gasteiger partial charge in [-0.2, -0.15) is 5.10 Å². The number of amides is 1. The van der Waals surface area contributed by atoms with Gasteiger partial charge in [-0.25, -0.2) is 0 Å². The number of carbonyl (C=O) groups is 2. The van der Waals surface area contributed by atoms with Crippen LogP contribution in [0.2, 0.25) is 10.0 Å². The van der Waals surface area contributed by atoms with E-state index in [1.165, 1.54) is 11.6 Å². The van der Waals surface area contributed by atoms with E-state index >= 15 is 0 Å². The lowest BCUT2D eigenvalue weighted by atomic mass is 10.2. The Bertz CT molecular complexity index is 889. The van der Waals surface area contributed by atoms with E-state index in [4.69, 9.17) is 23.2 Å². The predicted molar refractivity (Wildman–Crippen MR) is 104 cm³/mol. The van der Waals surface area contributed by atoms with Crippen LogP contribution in [0.15, 0.2) is 18.2 Å². The number of rotatable bonds is 4. The molecule has 1 aromatic carbocycles. The van der Waals surface area contributed by atoms with Crippen LogP contribution < -0.4 is 4.90 Å². The quantitative estimate of drug-likeness (QED) is 0.783. The van der Waals surface area contributed by atoms with Crippen molar-refractivity contribution in [2.45, 2.75) is 20.4 Å².